The van der Waals surface area contributed by atoms with Gasteiger partial charge < -0.3 is 4.90 Å². The predicted molar refractivity (Wildman–Crippen MR) is 71.8 cm³/mol. The van der Waals surface area contributed by atoms with Crippen LogP contribution >= 0.6 is 0 Å². The number of rotatable bonds is 2. The summed E-state index contributed by atoms with van der Waals surface area (Å²) in [5, 5.41) is 18.0. The zero-order valence-electron chi connectivity index (χ0n) is 10.5. The normalized spacial score (nSPS) is 12.7. The van der Waals surface area contributed by atoms with Gasteiger partial charge in [0.2, 0.25) is 0 Å². The summed E-state index contributed by atoms with van der Waals surface area (Å²) in [5.41, 5.74) is 2.21. The van der Waals surface area contributed by atoms with Crippen LogP contribution in [0.4, 0.5) is 5.69 Å². The summed E-state index contributed by atoms with van der Waals surface area (Å²) < 4.78 is 0. The Balaban J connectivity index is 2.67. The number of hydrogen-bond donors (Lipinski definition) is 0. The first-order valence-corrected chi connectivity index (χ1v) is 5.70. The number of allylic oxidation sites excluding steroid dienone is 1. The maximum Gasteiger partial charge on any atom is 0.261 e. The molecule has 0 bridgehead atoms. The molecule has 4 nitrogen and oxygen atoms in total. The number of fused-ring (bicyclic) bond motifs is 1. The molecule has 4 heteroatoms. The first-order valence-electron chi connectivity index (χ1n) is 5.70. The minimum Gasteiger partial charge on any atom is -0.304 e. The SMILES string of the molecule is C=C(C)CN1C(=O)C(=C(C#N)C#N)c2ccccc21. The highest BCUT2D eigenvalue weighted by atomic mass is 16.2. The van der Waals surface area contributed by atoms with Crippen LogP contribution in [0.3, 0.4) is 0 Å². The van der Waals surface area contributed by atoms with Crippen molar-refractivity contribution in [2.75, 3.05) is 11.4 Å². The van der Waals surface area contributed by atoms with Gasteiger partial charge in [0.1, 0.15) is 17.7 Å². The maximum atomic E-state index is 12.4. The fourth-order valence-corrected chi connectivity index (χ4v) is 2.09. The molecule has 1 aliphatic rings. The van der Waals surface area contributed by atoms with Gasteiger partial charge in [-0.3, -0.25) is 4.79 Å². The third-order valence-electron chi connectivity index (χ3n) is 2.82. The third-order valence-corrected chi connectivity index (χ3v) is 2.82. The lowest BCUT2D eigenvalue weighted by molar-refractivity contribution is -0.112. The van der Waals surface area contributed by atoms with Crippen molar-refractivity contribution in [2.45, 2.75) is 6.92 Å². The van der Waals surface area contributed by atoms with E-state index < -0.39 is 0 Å². The number of carbonyl (C=O) groups is 1. The van der Waals surface area contributed by atoms with Crippen LogP contribution in [0.1, 0.15) is 12.5 Å². The number of hydrogen-bond acceptors (Lipinski definition) is 3. The Hall–Kier alpha value is -2.85. The molecule has 0 aromatic heterocycles. The zero-order valence-corrected chi connectivity index (χ0v) is 10.5. The van der Waals surface area contributed by atoms with E-state index in [9.17, 15) is 4.79 Å². The van der Waals surface area contributed by atoms with Crippen molar-refractivity contribution < 1.29 is 4.79 Å². The van der Waals surface area contributed by atoms with Crippen molar-refractivity contribution in [2.24, 2.45) is 0 Å². The van der Waals surface area contributed by atoms with Crippen molar-refractivity contribution in [3.05, 3.63) is 47.6 Å². The van der Waals surface area contributed by atoms with E-state index in [1.54, 1.807) is 35.2 Å². The largest absolute Gasteiger partial charge is 0.304 e. The third kappa shape index (κ3) is 2.00. The monoisotopic (exact) mass is 249 g/mol. The molecular formula is C15H11N3O. The molecule has 0 N–H and O–H groups in total. The van der Waals surface area contributed by atoms with Crippen molar-refractivity contribution in [1.82, 2.24) is 0 Å². The fourth-order valence-electron chi connectivity index (χ4n) is 2.09. The van der Waals surface area contributed by atoms with E-state index in [0.717, 1.165) is 5.57 Å². The number of carbonyl (C=O) groups excluding carboxylic acids is 1. The van der Waals surface area contributed by atoms with E-state index in [-0.39, 0.29) is 17.1 Å². The van der Waals surface area contributed by atoms with Gasteiger partial charge in [0.05, 0.1) is 11.3 Å². The smallest absolute Gasteiger partial charge is 0.261 e. The van der Waals surface area contributed by atoms with Crippen molar-refractivity contribution in [3.8, 4) is 12.1 Å². The Morgan fingerprint density at radius 1 is 1.32 bits per heavy atom. The minimum atomic E-state index is -0.317. The minimum absolute atomic E-state index is 0.151. The quantitative estimate of drug-likeness (QED) is 0.459. The number of benzene rings is 1. The van der Waals surface area contributed by atoms with E-state index in [2.05, 4.69) is 6.58 Å². The van der Waals surface area contributed by atoms with E-state index in [0.29, 0.717) is 17.8 Å². The van der Waals surface area contributed by atoms with Crippen molar-refractivity contribution in [1.29, 1.82) is 10.5 Å². The van der Waals surface area contributed by atoms with Crippen LogP contribution in [0, 0.1) is 22.7 Å². The Morgan fingerprint density at radius 2 is 1.95 bits per heavy atom. The fraction of sp³-hybridized carbons (Fsp3) is 0.133. The Kier molecular flexibility index (Phi) is 3.18. The first-order chi connectivity index (χ1) is 9.10. The van der Waals surface area contributed by atoms with Crippen molar-refractivity contribution >= 4 is 17.2 Å². The molecule has 0 unspecified atom stereocenters. The van der Waals surface area contributed by atoms with E-state index in [1.165, 1.54) is 0 Å². The summed E-state index contributed by atoms with van der Waals surface area (Å²) in [6, 6.07) is 10.7. The van der Waals surface area contributed by atoms with Crippen LogP contribution < -0.4 is 4.90 Å². The van der Waals surface area contributed by atoms with Crippen LogP contribution in [-0.2, 0) is 4.79 Å². The lowest BCUT2D eigenvalue weighted by atomic mass is 10.0. The standard InChI is InChI=1S/C15H11N3O/c1-10(2)9-18-13-6-4-3-5-12(13)14(15(18)19)11(7-16)8-17/h3-6H,1,9H2,2H3. The lowest BCUT2D eigenvalue weighted by Gasteiger charge is -2.16. The second kappa shape index (κ2) is 4.80. The Bertz CT molecular complexity index is 670. The average molecular weight is 249 g/mol. The molecule has 0 fully saturated rings. The molecule has 1 amide bonds. The predicted octanol–water partition coefficient (Wildman–Crippen LogP) is 2.41. The van der Waals surface area contributed by atoms with Gasteiger partial charge in [-0.1, -0.05) is 30.4 Å². The molecule has 0 spiro atoms. The molecule has 0 aliphatic carbocycles. The summed E-state index contributed by atoms with van der Waals surface area (Å²) in [5.74, 6) is -0.317. The summed E-state index contributed by atoms with van der Waals surface area (Å²) in [7, 11) is 0. The van der Waals surface area contributed by atoms with Crippen molar-refractivity contribution in [3.63, 3.8) is 0 Å². The molecule has 0 saturated carbocycles. The van der Waals surface area contributed by atoms with Gasteiger partial charge in [0.25, 0.3) is 5.91 Å². The van der Waals surface area contributed by atoms with Crippen LogP contribution in [0.25, 0.3) is 5.57 Å². The highest BCUT2D eigenvalue weighted by Gasteiger charge is 2.34. The molecule has 92 valence electrons. The highest BCUT2D eigenvalue weighted by Crippen LogP contribution is 2.38. The molecule has 1 aromatic carbocycles. The molecule has 1 heterocycles. The van der Waals surface area contributed by atoms with Gasteiger partial charge in [0, 0.05) is 12.1 Å². The number of amides is 1. The number of nitriles is 2. The van der Waals surface area contributed by atoms with Crippen LogP contribution in [0.2, 0.25) is 0 Å². The Labute approximate surface area is 111 Å². The lowest BCUT2D eigenvalue weighted by Crippen LogP contribution is -2.28. The first kappa shape index (κ1) is 12.6. The molecule has 1 aliphatic heterocycles. The zero-order chi connectivity index (χ0) is 14.0. The van der Waals surface area contributed by atoms with Gasteiger partial charge in [-0.05, 0) is 13.0 Å². The Morgan fingerprint density at radius 3 is 2.53 bits per heavy atom. The molecule has 0 saturated heterocycles. The van der Waals surface area contributed by atoms with E-state index in [4.69, 9.17) is 10.5 Å². The van der Waals surface area contributed by atoms with Gasteiger partial charge in [-0.25, -0.2) is 0 Å². The van der Waals surface area contributed by atoms with Crippen LogP contribution in [0.15, 0.2) is 42.0 Å². The second-order valence-electron chi connectivity index (χ2n) is 4.34. The number of para-hydroxylation sites is 1. The van der Waals surface area contributed by atoms with E-state index in [1.807, 2.05) is 13.0 Å². The summed E-state index contributed by atoms with van der Waals surface area (Å²) in [4.78, 5) is 13.9. The topological polar surface area (TPSA) is 67.9 Å². The average Bonchev–Trinajstić information content (AvgIpc) is 2.66. The molecule has 1 aromatic rings. The van der Waals surface area contributed by atoms with Gasteiger partial charge >= 0.3 is 0 Å². The molecule has 0 atom stereocenters. The van der Waals surface area contributed by atoms with Gasteiger partial charge in [-0.15, -0.1) is 0 Å². The molecule has 19 heavy (non-hydrogen) atoms. The molecular weight excluding hydrogens is 238 g/mol. The summed E-state index contributed by atoms with van der Waals surface area (Å²) >= 11 is 0. The second-order valence-corrected chi connectivity index (χ2v) is 4.34. The maximum absolute atomic E-state index is 12.4. The number of anilines is 1. The van der Waals surface area contributed by atoms with Crippen LogP contribution in [0.5, 0.6) is 0 Å². The molecule has 0 radical (unpaired) electrons. The van der Waals surface area contributed by atoms with Crippen LogP contribution in [-0.4, -0.2) is 12.5 Å². The summed E-state index contributed by atoms with van der Waals surface area (Å²) in [6.45, 7) is 6.00. The molecule has 2 rings (SSSR count). The van der Waals surface area contributed by atoms with Gasteiger partial charge in [0.15, 0.2) is 0 Å². The van der Waals surface area contributed by atoms with E-state index >= 15 is 0 Å². The highest BCUT2D eigenvalue weighted by molar-refractivity contribution is 6.34. The summed E-state index contributed by atoms with van der Waals surface area (Å²) in [6.07, 6.45) is 0. The number of nitrogens with zero attached hydrogens (tertiary/aromatic N) is 3. The van der Waals surface area contributed by atoms with Gasteiger partial charge in [-0.2, -0.15) is 10.5 Å².